The Morgan fingerprint density at radius 3 is 2.24 bits per heavy atom. The molecule has 1 atom stereocenters. The number of rotatable bonds is 6. The van der Waals surface area contributed by atoms with Crippen molar-refractivity contribution in [3.8, 4) is 0 Å². The normalized spacial score (nSPS) is 11.5. The highest BCUT2D eigenvalue weighted by Gasteiger charge is 2.26. The fourth-order valence-electron chi connectivity index (χ4n) is 2.39. The number of ether oxygens (including phenoxy) is 1. The zero-order valence-corrected chi connectivity index (χ0v) is 13.4. The van der Waals surface area contributed by atoms with Crippen LogP contribution in [0.2, 0.25) is 0 Å². The van der Waals surface area contributed by atoms with Crippen molar-refractivity contribution in [2.24, 2.45) is 0 Å². The van der Waals surface area contributed by atoms with Crippen LogP contribution < -0.4 is 5.32 Å². The molecule has 3 aromatic rings. The molecule has 5 heteroatoms. The molecule has 0 saturated heterocycles. The Hall–Kier alpha value is -3.34. The molecule has 0 bridgehead atoms. The van der Waals surface area contributed by atoms with Gasteiger partial charge in [-0.1, -0.05) is 60.7 Å². The fraction of sp³-hybridized carbons (Fsp3) is 0.100. The Morgan fingerprint density at radius 1 is 0.920 bits per heavy atom. The summed E-state index contributed by atoms with van der Waals surface area (Å²) in [7, 11) is 0. The third-order valence-electron chi connectivity index (χ3n) is 3.63. The van der Waals surface area contributed by atoms with Crippen molar-refractivity contribution in [2.75, 3.05) is 0 Å². The maximum absolute atomic E-state index is 12.7. The second kappa shape index (κ2) is 7.97. The van der Waals surface area contributed by atoms with E-state index in [1.807, 2.05) is 36.4 Å². The third kappa shape index (κ3) is 4.35. The molecule has 0 saturated carbocycles. The highest BCUT2D eigenvalue weighted by molar-refractivity contribution is 5.99. The van der Waals surface area contributed by atoms with Gasteiger partial charge in [-0.2, -0.15) is 0 Å². The molecule has 1 amide bonds. The van der Waals surface area contributed by atoms with E-state index in [2.05, 4.69) is 5.32 Å². The topological polar surface area (TPSA) is 68.5 Å². The summed E-state index contributed by atoms with van der Waals surface area (Å²) in [6, 6.07) is 20.6. The number of ketones is 1. The number of carbonyl (C=O) groups is 2. The van der Waals surface area contributed by atoms with Crippen LogP contribution in [0.1, 0.15) is 27.7 Å². The minimum absolute atomic E-state index is 0.128. The Labute approximate surface area is 145 Å². The van der Waals surface area contributed by atoms with Gasteiger partial charge in [0.05, 0.1) is 6.26 Å². The van der Waals surface area contributed by atoms with Gasteiger partial charge in [-0.3, -0.25) is 4.79 Å². The Kier molecular flexibility index (Phi) is 5.26. The molecule has 25 heavy (non-hydrogen) atoms. The number of Topliss-reactive ketones (excluding diaryl/α,β-unsaturated/α-hetero) is 1. The molecular weight excluding hydrogens is 318 g/mol. The molecular formula is C20H17NO4. The molecule has 1 heterocycles. The number of furan rings is 1. The highest BCUT2D eigenvalue weighted by Crippen LogP contribution is 2.19. The quantitative estimate of drug-likeness (QED) is 0.688. The Bertz CT molecular complexity index is 813. The molecule has 1 unspecified atom stereocenters. The van der Waals surface area contributed by atoms with Crippen LogP contribution in [0.15, 0.2) is 83.5 Å². The van der Waals surface area contributed by atoms with Crippen LogP contribution in [0.4, 0.5) is 4.79 Å². The van der Waals surface area contributed by atoms with Gasteiger partial charge in [-0.25, -0.2) is 4.79 Å². The van der Waals surface area contributed by atoms with E-state index in [4.69, 9.17) is 9.15 Å². The lowest BCUT2D eigenvalue weighted by Gasteiger charge is -2.17. The molecule has 5 nitrogen and oxygen atoms in total. The standard InChI is InChI=1S/C20H17NO4/c22-19(17-12-7-13-24-17)18(16-10-5-2-6-11-16)21-20(23)25-14-15-8-3-1-4-9-15/h1-13,18H,14H2,(H,21,23). The molecule has 1 N–H and O–H groups in total. The molecule has 0 aliphatic heterocycles. The lowest BCUT2D eigenvalue weighted by atomic mass is 10.0. The van der Waals surface area contributed by atoms with E-state index in [1.54, 1.807) is 36.4 Å². The van der Waals surface area contributed by atoms with Gasteiger partial charge in [0.2, 0.25) is 5.78 Å². The van der Waals surface area contributed by atoms with E-state index in [-0.39, 0.29) is 18.2 Å². The van der Waals surface area contributed by atoms with Crippen LogP contribution in [-0.4, -0.2) is 11.9 Å². The average Bonchev–Trinajstić information content (AvgIpc) is 3.20. The SMILES string of the molecule is O=C(NC(C(=O)c1ccco1)c1ccccc1)OCc1ccccc1. The van der Waals surface area contributed by atoms with E-state index in [9.17, 15) is 9.59 Å². The molecule has 2 aromatic carbocycles. The number of hydrogen-bond acceptors (Lipinski definition) is 4. The van der Waals surface area contributed by atoms with Crippen molar-refractivity contribution in [1.82, 2.24) is 5.32 Å². The zero-order valence-electron chi connectivity index (χ0n) is 13.4. The van der Waals surface area contributed by atoms with Crippen molar-refractivity contribution in [3.63, 3.8) is 0 Å². The predicted octanol–water partition coefficient (Wildman–Crippen LogP) is 4.13. The average molecular weight is 335 g/mol. The highest BCUT2D eigenvalue weighted by atomic mass is 16.5. The number of benzene rings is 2. The first-order valence-corrected chi connectivity index (χ1v) is 7.84. The molecule has 126 valence electrons. The van der Waals surface area contributed by atoms with E-state index < -0.39 is 12.1 Å². The zero-order chi connectivity index (χ0) is 17.5. The molecule has 3 rings (SSSR count). The largest absolute Gasteiger partial charge is 0.461 e. The number of amides is 1. The van der Waals surface area contributed by atoms with Crippen molar-refractivity contribution in [2.45, 2.75) is 12.6 Å². The van der Waals surface area contributed by atoms with Gasteiger partial charge in [0, 0.05) is 0 Å². The summed E-state index contributed by atoms with van der Waals surface area (Å²) in [5.41, 5.74) is 1.52. The van der Waals surface area contributed by atoms with Gasteiger partial charge < -0.3 is 14.5 Å². The lowest BCUT2D eigenvalue weighted by molar-refractivity contribution is 0.0890. The number of alkyl carbamates (subject to hydrolysis) is 1. The maximum Gasteiger partial charge on any atom is 0.408 e. The minimum Gasteiger partial charge on any atom is -0.461 e. The lowest BCUT2D eigenvalue weighted by Crippen LogP contribution is -2.34. The van der Waals surface area contributed by atoms with Crippen molar-refractivity contribution in [3.05, 3.63) is 95.9 Å². The fourth-order valence-corrected chi connectivity index (χ4v) is 2.39. The van der Waals surface area contributed by atoms with Crippen LogP contribution in [0.3, 0.4) is 0 Å². The third-order valence-corrected chi connectivity index (χ3v) is 3.63. The van der Waals surface area contributed by atoms with Gasteiger partial charge >= 0.3 is 6.09 Å². The first-order valence-electron chi connectivity index (χ1n) is 7.84. The van der Waals surface area contributed by atoms with E-state index in [0.717, 1.165) is 5.56 Å². The van der Waals surface area contributed by atoms with E-state index in [0.29, 0.717) is 5.56 Å². The van der Waals surface area contributed by atoms with Gasteiger partial charge in [-0.05, 0) is 23.3 Å². The van der Waals surface area contributed by atoms with Crippen molar-refractivity contribution in [1.29, 1.82) is 0 Å². The summed E-state index contributed by atoms with van der Waals surface area (Å²) >= 11 is 0. The summed E-state index contributed by atoms with van der Waals surface area (Å²) in [4.78, 5) is 24.8. The second-order valence-corrected chi connectivity index (χ2v) is 5.39. The van der Waals surface area contributed by atoms with Gasteiger partial charge in [0.1, 0.15) is 12.6 Å². The number of carbonyl (C=O) groups excluding carboxylic acids is 2. The van der Waals surface area contributed by atoms with Gasteiger partial charge in [0.15, 0.2) is 5.76 Å². The maximum atomic E-state index is 12.7. The van der Waals surface area contributed by atoms with E-state index >= 15 is 0 Å². The summed E-state index contributed by atoms with van der Waals surface area (Å²) in [6.45, 7) is 0.128. The molecule has 1 aromatic heterocycles. The Morgan fingerprint density at radius 2 is 1.60 bits per heavy atom. The molecule has 0 aliphatic carbocycles. The van der Waals surface area contributed by atoms with Crippen LogP contribution in [0.5, 0.6) is 0 Å². The molecule has 0 aliphatic rings. The summed E-state index contributed by atoms with van der Waals surface area (Å²) < 4.78 is 10.4. The molecule has 0 fully saturated rings. The number of hydrogen-bond donors (Lipinski definition) is 1. The Balaban J connectivity index is 1.71. The van der Waals surface area contributed by atoms with Crippen LogP contribution in [0, 0.1) is 0 Å². The summed E-state index contributed by atoms with van der Waals surface area (Å²) in [6.07, 6.45) is 0.751. The van der Waals surface area contributed by atoms with Crippen LogP contribution in [-0.2, 0) is 11.3 Å². The van der Waals surface area contributed by atoms with E-state index in [1.165, 1.54) is 6.26 Å². The molecule has 0 radical (unpaired) electrons. The first-order chi connectivity index (χ1) is 12.2. The first kappa shape index (κ1) is 16.5. The van der Waals surface area contributed by atoms with Crippen LogP contribution >= 0.6 is 0 Å². The number of nitrogens with one attached hydrogen (secondary N) is 1. The smallest absolute Gasteiger partial charge is 0.408 e. The van der Waals surface area contributed by atoms with Crippen molar-refractivity contribution >= 4 is 11.9 Å². The summed E-state index contributed by atoms with van der Waals surface area (Å²) in [5.74, 6) is -0.162. The van der Waals surface area contributed by atoms with Crippen LogP contribution in [0.25, 0.3) is 0 Å². The summed E-state index contributed by atoms with van der Waals surface area (Å²) in [5, 5.41) is 2.62. The van der Waals surface area contributed by atoms with Gasteiger partial charge in [-0.15, -0.1) is 0 Å². The molecule has 0 spiro atoms. The predicted molar refractivity (Wildman–Crippen MR) is 92.0 cm³/mol. The van der Waals surface area contributed by atoms with Crippen molar-refractivity contribution < 1.29 is 18.7 Å². The monoisotopic (exact) mass is 335 g/mol. The van der Waals surface area contributed by atoms with Gasteiger partial charge in [0.25, 0.3) is 0 Å². The minimum atomic E-state index is -0.879. The second-order valence-electron chi connectivity index (χ2n) is 5.39.